The third kappa shape index (κ3) is 3.82. The van der Waals surface area contributed by atoms with E-state index in [0.29, 0.717) is 29.5 Å². The molecule has 1 saturated carbocycles. The van der Waals surface area contributed by atoms with Crippen LogP contribution in [0.3, 0.4) is 0 Å². The number of nitrogen functional groups attached to an aromatic ring is 1. The Morgan fingerprint density at radius 3 is 2.79 bits per heavy atom. The first-order valence-electron chi connectivity index (χ1n) is 6.09. The molecule has 0 spiro atoms. The number of ketones is 1. The first kappa shape index (κ1) is 13.6. The second kappa shape index (κ2) is 5.87. The summed E-state index contributed by atoms with van der Waals surface area (Å²) in [6.07, 6.45) is 1.49. The number of hydrogen-bond donors (Lipinski definition) is 4. The number of hydrogen-bond acceptors (Lipinski definition) is 6. The van der Waals surface area contributed by atoms with Gasteiger partial charge in [0.15, 0.2) is 10.9 Å². The summed E-state index contributed by atoms with van der Waals surface area (Å²) in [6, 6.07) is 0. The molecular weight excluding hydrogens is 268 g/mol. The molecule has 1 aliphatic carbocycles. The predicted molar refractivity (Wildman–Crippen MR) is 72.7 cm³/mol. The van der Waals surface area contributed by atoms with E-state index in [2.05, 4.69) is 15.6 Å². The molecule has 7 nitrogen and oxygen atoms in total. The van der Waals surface area contributed by atoms with Gasteiger partial charge < -0.3 is 21.5 Å². The van der Waals surface area contributed by atoms with Gasteiger partial charge in [0.25, 0.3) is 0 Å². The maximum absolute atomic E-state index is 11.9. The topological polar surface area (TPSA) is 117 Å². The van der Waals surface area contributed by atoms with E-state index in [1.54, 1.807) is 0 Å². The first-order chi connectivity index (χ1) is 9.08. The van der Waals surface area contributed by atoms with E-state index >= 15 is 0 Å². The average Bonchev–Trinajstić information content (AvgIpc) is 3.12. The number of nitrogens with zero attached hydrogens (tertiary/aromatic N) is 1. The normalized spacial score (nSPS) is 14.1. The Labute approximate surface area is 114 Å². The Kier molecular flexibility index (Phi) is 4.20. The third-order valence-electron chi connectivity index (χ3n) is 2.73. The number of carboxylic acid groups (broad SMARTS) is 1. The van der Waals surface area contributed by atoms with Crippen LogP contribution in [0.25, 0.3) is 0 Å². The molecule has 0 atom stereocenters. The van der Waals surface area contributed by atoms with E-state index in [4.69, 9.17) is 10.8 Å². The molecule has 8 heteroatoms. The van der Waals surface area contributed by atoms with Crippen molar-refractivity contribution in [3.63, 3.8) is 0 Å². The number of carbonyl (C=O) groups excluding carboxylic acids is 1. The molecule has 1 aromatic rings. The summed E-state index contributed by atoms with van der Waals surface area (Å²) in [5.74, 6) is 0.513. The number of nitrogens with one attached hydrogen (secondary N) is 2. The van der Waals surface area contributed by atoms with E-state index < -0.39 is 6.09 Å². The number of rotatable bonds is 7. The van der Waals surface area contributed by atoms with Gasteiger partial charge in [-0.05, 0) is 19.3 Å². The van der Waals surface area contributed by atoms with Crippen molar-refractivity contribution in [2.75, 3.05) is 24.1 Å². The van der Waals surface area contributed by atoms with Crippen molar-refractivity contribution in [2.24, 2.45) is 5.92 Å². The van der Waals surface area contributed by atoms with Crippen LogP contribution in [0.5, 0.6) is 0 Å². The van der Waals surface area contributed by atoms with Crippen LogP contribution in [-0.4, -0.2) is 35.1 Å². The Balaban J connectivity index is 1.79. The highest BCUT2D eigenvalue weighted by Crippen LogP contribution is 2.37. The summed E-state index contributed by atoms with van der Waals surface area (Å²) >= 11 is 1.27. The molecule has 0 unspecified atom stereocenters. The van der Waals surface area contributed by atoms with Crippen LogP contribution in [0.4, 0.5) is 15.7 Å². The van der Waals surface area contributed by atoms with Crippen LogP contribution in [0.15, 0.2) is 0 Å². The quantitative estimate of drug-likeness (QED) is 0.444. The fourth-order valence-electron chi connectivity index (χ4n) is 1.59. The maximum Gasteiger partial charge on any atom is 0.404 e. The van der Waals surface area contributed by atoms with Crippen molar-refractivity contribution in [1.82, 2.24) is 10.3 Å². The molecule has 0 radical (unpaired) electrons. The molecule has 19 heavy (non-hydrogen) atoms. The third-order valence-corrected chi connectivity index (χ3v) is 3.77. The van der Waals surface area contributed by atoms with Gasteiger partial charge in [0.1, 0.15) is 10.7 Å². The van der Waals surface area contributed by atoms with Crippen molar-refractivity contribution >= 4 is 34.2 Å². The monoisotopic (exact) mass is 284 g/mol. The van der Waals surface area contributed by atoms with Crippen molar-refractivity contribution in [3.8, 4) is 0 Å². The van der Waals surface area contributed by atoms with Crippen LogP contribution in [0.2, 0.25) is 0 Å². The lowest BCUT2D eigenvalue weighted by Crippen LogP contribution is -2.23. The smallest absolute Gasteiger partial charge is 0.404 e. The summed E-state index contributed by atoms with van der Waals surface area (Å²) in [7, 11) is 0. The molecule has 1 heterocycles. The molecule has 104 valence electrons. The lowest BCUT2D eigenvalue weighted by atomic mass is 10.2. The van der Waals surface area contributed by atoms with Gasteiger partial charge in [-0.3, -0.25) is 4.79 Å². The second-order valence-electron chi connectivity index (χ2n) is 4.38. The van der Waals surface area contributed by atoms with Crippen LogP contribution in [-0.2, 0) is 0 Å². The number of amides is 1. The maximum atomic E-state index is 11.9. The zero-order valence-electron chi connectivity index (χ0n) is 10.3. The zero-order valence-corrected chi connectivity index (χ0v) is 11.1. The fourth-order valence-corrected chi connectivity index (χ4v) is 2.52. The molecule has 0 aromatic carbocycles. The van der Waals surface area contributed by atoms with Gasteiger partial charge >= 0.3 is 6.09 Å². The van der Waals surface area contributed by atoms with Gasteiger partial charge in [0.05, 0.1) is 0 Å². The van der Waals surface area contributed by atoms with Gasteiger partial charge in [-0.2, -0.15) is 0 Å². The van der Waals surface area contributed by atoms with Gasteiger partial charge in [0.2, 0.25) is 0 Å². The van der Waals surface area contributed by atoms with E-state index in [-0.39, 0.29) is 17.5 Å². The van der Waals surface area contributed by atoms with Crippen molar-refractivity contribution < 1.29 is 14.7 Å². The van der Waals surface area contributed by atoms with Crippen LogP contribution in [0, 0.1) is 5.92 Å². The Morgan fingerprint density at radius 2 is 2.16 bits per heavy atom. The van der Waals surface area contributed by atoms with Gasteiger partial charge in [-0.15, -0.1) is 0 Å². The second-order valence-corrected chi connectivity index (χ2v) is 5.38. The number of Topliss-reactive ketones (excluding diaryl/α,β-unsaturated/α-hetero) is 1. The standard InChI is InChI=1S/C11H16N4O3S/c12-9-8(7(16)6-2-3-6)19-10(15-9)13-4-1-5-14-11(17)18/h6,14H,1-5,12H2,(H,13,15)(H,17,18). The minimum absolute atomic E-state index is 0.0931. The van der Waals surface area contributed by atoms with E-state index in [0.717, 1.165) is 12.8 Å². The van der Waals surface area contributed by atoms with Gasteiger partial charge in [-0.1, -0.05) is 11.3 Å². The molecule has 1 amide bonds. The molecule has 1 fully saturated rings. The van der Waals surface area contributed by atoms with Gasteiger partial charge in [0, 0.05) is 19.0 Å². The number of anilines is 2. The van der Waals surface area contributed by atoms with Crippen molar-refractivity contribution in [2.45, 2.75) is 19.3 Å². The Hall–Kier alpha value is -1.83. The van der Waals surface area contributed by atoms with Gasteiger partial charge in [-0.25, -0.2) is 9.78 Å². The Morgan fingerprint density at radius 1 is 1.42 bits per heavy atom. The van der Waals surface area contributed by atoms with Crippen LogP contribution in [0.1, 0.15) is 28.9 Å². The summed E-state index contributed by atoms with van der Waals surface area (Å²) in [5, 5.41) is 14.3. The lowest BCUT2D eigenvalue weighted by molar-refractivity contribution is 0.0972. The highest BCUT2D eigenvalue weighted by Gasteiger charge is 2.33. The highest BCUT2D eigenvalue weighted by molar-refractivity contribution is 7.18. The van der Waals surface area contributed by atoms with Crippen LogP contribution >= 0.6 is 11.3 Å². The predicted octanol–water partition coefficient (Wildman–Crippen LogP) is 1.39. The summed E-state index contributed by atoms with van der Waals surface area (Å²) in [4.78, 5) is 26.7. The fraction of sp³-hybridized carbons (Fsp3) is 0.545. The molecule has 0 saturated heterocycles. The van der Waals surface area contributed by atoms with E-state index in [9.17, 15) is 9.59 Å². The van der Waals surface area contributed by atoms with Crippen LogP contribution < -0.4 is 16.4 Å². The van der Waals surface area contributed by atoms with E-state index in [1.807, 2.05) is 0 Å². The molecule has 0 bridgehead atoms. The average molecular weight is 284 g/mol. The molecule has 5 N–H and O–H groups in total. The number of thiazole rings is 1. The molecule has 1 aromatic heterocycles. The van der Waals surface area contributed by atoms with Crippen molar-refractivity contribution in [3.05, 3.63) is 4.88 Å². The highest BCUT2D eigenvalue weighted by atomic mass is 32.1. The summed E-state index contributed by atoms with van der Waals surface area (Å²) < 4.78 is 0. The molecule has 1 aliphatic rings. The number of carbonyl (C=O) groups is 2. The zero-order chi connectivity index (χ0) is 13.8. The SMILES string of the molecule is Nc1nc(NCCCNC(=O)O)sc1C(=O)C1CC1. The first-order valence-corrected chi connectivity index (χ1v) is 6.90. The number of aromatic nitrogens is 1. The Bertz CT molecular complexity index is 484. The molecule has 0 aliphatic heterocycles. The minimum atomic E-state index is -1.03. The summed E-state index contributed by atoms with van der Waals surface area (Å²) in [6.45, 7) is 0.946. The minimum Gasteiger partial charge on any atom is -0.465 e. The van der Waals surface area contributed by atoms with E-state index in [1.165, 1.54) is 11.3 Å². The molecular formula is C11H16N4O3S. The number of nitrogens with two attached hydrogens (primary N) is 1. The lowest BCUT2D eigenvalue weighted by Gasteiger charge is -2.02. The van der Waals surface area contributed by atoms with Crippen molar-refractivity contribution in [1.29, 1.82) is 0 Å². The molecule has 2 rings (SSSR count). The largest absolute Gasteiger partial charge is 0.465 e. The summed E-state index contributed by atoms with van der Waals surface area (Å²) in [5.41, 5.74) is 5.73.